The average molecular weight is 439 g/mol. The van der Waals surface area contributed by atoms with Gasteiger partial charge in [-0.15, -0.1) is 0 Å². The van der Waals surface area contributed by atoms with Gasteiger partial charge in [0.15, 0.2) is 28.9 Å². The molecule has 1 N–H and O–H groups in total. The number of nitrogens with one attached hydrogen (secondary N) is 1. The van der Waals surface area contributed by atoms with Crippen molar-refractivity contribution in [1.29, 1.82) is 0 Å². The fourth-order valence-electron chi connectivity index (χ4n) is 2.75. The first-order valence-electron chi connectivity index (χ1n) is 8.26. The molecule has 0 atom stereocenters. The monoisotopic (exact) mass is 438 g/mol. The molecule has 4 rings (SSSR count). The van der Waals surface area contributed by atoms with E-state index in [-0.39, 0.29) is 22.2 Å². The maximum absolute atomic E-state index is 13.9. The van der Waals surface area contributed by atoms with Crippen LogP contribution in [0.25, 0.3) is 22.6 Å². The number of para-hydroxylation sites is 2. The number of oxazole rings is 1. The van der Waals surface area contributed by atoms with Crippen LogP contribution < -0.4 is 5.32 Å². The van der Waals surface area contributed by atoms with E-state index in [4.69, 9.17) is 16.0 Å². The Morgan fingerprint density at radius 2 is 1.53 bits per heavy atom. The number of amides is 1. The fourth-order valence-corrected chi connectivity index (χ4v) is 2.95. The number of halogens is 6. The first-order valence-corrected chi connectivity index (χ1v) is 8.64. The summed E-state index contributed by atoms with van der Waals surface area (Å²) in [4.78, 5) is 16.5. The molecule has 0 radical (unpaired) electrons. The Balaban J connectivity index is 1.72. The molecule has 3 aromatic carbocycles. The number of hydrogen-bond donors (Lipinski definition) is 1. The zero-order chi connectivity index (χ0) is 21.6. The lowest BCUT2D eigenvalue weighted by Crippen LogP contribution is -2.19. The Morgan fingerprint density at radius 1 is 0.900 bits per heavy atom. The Hall–Kier alpha value is -3.46. The molecule has 0 spiro atoms. The van der Waals surface area contributed by atoms with Crippen molar-refractivity contribution >= 4 is 34.3 Å². The summed E-state index contributed by atoms with van der Waals surface area (Å²) >= 11 is 6.15. The summed E-state index contributed by atoms with van der Waals surface area (Å²) in [6.07, 6.45) is 0. The summed E-state index contributed by atoms with van der Waals surface area (Å²) in [5, 5.41) is 2.27. The summed E-state index contributed by atoms with van der Waals surface area (Å²) in [5.74, 6) is -12.7. The first-order chi connectivity index (χ1) is 14.3. The fraction of sp³-hybridized carbons (Fsp3) is 0. The van der Waals surface area contributed by atoms with Gasteiger partial charge in [-0.2, -0.15) is 0 Å². The van der Waals surface area contributed by atoms with Crippen LogP contribution in [0.1, 0.15) is 10.4 Å². The number of fused-ring (bicyclic) bond motifs is 1. The molecule has 4 aromatic rings. The lowest BCUT2D eigenvalue weighted by molar-refractivity contribution is 0.101. The molecule has 4 nitrogen and oxygen atoms in total. The van der Waals surface area contributed by atoms with E-state index in [0.717, 1.165) is 0 Å². The molecule has 1 amide bonds. The third kappa shape index (κ3) is 3.26. The zero-order valence-electron chi connectivity index (χ0n) is 14.6. The predicted octanol–water partition coefficient (Wildman–Crippen LogP) is 6.10. The van der Waals surface area contributed by atoms with Crippen molar-refractivity contribution in [3.05, 3.63) is 82.1 Å². The highest BCUT2D eigenvalue weighted by molar-refractivity contribution is 6.33. The summed E-state index contributed by atoms with van der Waals surface area (Å²) in [5.41, 5.74) is -0.391. The van der Waals surface area contributed by atoms with E-state index in [1.807, 2.05) is 0 Å². The van der Waals surface area contributed by atoms with Gasteiger partial charge in [-0.05, 0) is 30.3 Å². The highest BCUT2D eigenvalue weighted by atomic mass is 35.5. The number of aromatic nitrogens is 1. The van der Waals surface area contributed by atoms with Crippen LogP contribution in [0.4, 0.5) is 27.6 Å². The van der Waals surface area contributed by atoms with Crippen molar-refractivity contribution in [2.75, 3.05) is 5.32 Å². The second-order valence-electron chi connectivity index (χ2n) is 6.08. The van der Waals surface area contributed by atoms with Crippen LogP contribution >= 0.6 is 11.6 Å². The van der Waals surface area contributed by atoms with Crippen molar-refractivity contribution in [2.45, 2.75) is 0 Å². The van der Waals surface area contributed by atoms with E-state index >= 15 is 0 Å². The largest absolute Gasteiger partial charge is 0.436 e. The molecule has 0 aliphatic heterocycles. The Labute approximate surface area is 169 Å². The number of carbonyl (C=O) groups excluding carboxylic acids is 1. The molecule has 0 unspecified atom stereocenters. The van der Waals surface area contributed by atoms with Gasteiger partial charge >= 0.3 is 0 Å². The van der Waals surface area contributed by atoms with Crippen LogP contribution in [0.15, 0.2) is 46.9 Å². The summed E-state index contributed by atoms with van der Waals surface area (Å²) in [6.45, 7) is 0. The van der Waals surface area contributed by atoms with Gasteiger partial charge in [0.05, 0.1) is 10.6 Å². The summed E-state index contributed by atoms with van der Waals surface area (Å²) in [6, 6.07) is 10.8. The molecular formula is C20H8ClF5N2O2. The molecule has 0 saturated heterocycles. The average Bonchev–Trinajstić information content (AvgIpc) is 3.16. The number of benzene rings is 3. The third-order valence-corrected chi connectivity index (χ3v) is 4.51. The highest BCUT2D eigenvalue weighted by Gasteiger charge is 2.30. The molecule has 1 heterocycles. The first kappa shape index (κ1) is 19.8. The van der Waals surface area contributed by atoms with Crippen LogP contribution in [0.5, 0.6) is 0 Å². The maximum Gasteiger partial charge on any atom is 0.261 e. The van der Waals surface area contributed by atoms with E-state index in [1.54, 1.807) is 24.3 Å². The number of rotatable bonds is 3. The Morgan fingerprint density at radius 3 is 2.20 bits per heavy atom. The summed E-state index contributed by atoms with van der Waals surface area (Å²) < 4.78 is 73.2. The minimum absolute atomic E-state index is 0.0365. The number of hydrogen-bond acceptors (Lipinski definition) is 3. The second-order valence-corrected chi connectivity index (χ2v) is 6.49. The van der Waals surface area contributed by atoms with Gasteiger partial charge in [0.1, 0.15) is 11.1 Å². The van der Waals surface area contributed by atoms with Crippen molar-refractivity contribution in [3.63, 3.8) is 0 Å². The molecule has 0 aliphatic carbocycles. The van der Waals surface area contributed by atoms with Crippen LogP contribution in [0, 0.1) is 29.1 Å². The van der Waals surface area contributed by atoms with Gasteiger partial charge in [0, 0.05) is 5.69 Å². The molecule has 1 aromatic heterocycles. The van der Waals surface area contributed by atoms with E-state index in [0.29, 0.717) is 11.1 Å². The molecule has 0 bridgehead atoms. The van der Waals surface area contributed by atoms with Crippen LogP contribution in [0.3, 0.4) is 0 Å². The van der Waals surface area contributed by atoms with Gasteiger partial charge in [-0.25, -0.2) is 26.9 Å². The van der Waals surface area contributed by atoms with E-state index in [2.05, 4.69) is 10.3 Å². The van der Waals surface area contributed by atoms with Crippen LogP contribution in [-0.4, -0.2) is 10.9 Å². The number of anilines is 1. The molecule has 10 heteroatoms. The Kier molecular flexibility index (Phi) is 4.90. The molecule has 0 aliphatic rings. The third-order valence-electron chi connectivity index (χ3n) is 4.19. The van der Waals surface area contributed by atoms with Crippen LogP contribution in [0.2, 0.25) is 5.02 Å². The predicted molar refractivity (Wildman–Crippen MR) is 98.6 cm³/mol. The topological polar surface area (TPSA) is 55.1 Å². The molecule has 152 valence electrons. The minimum Gasteiger partial charge on any atom is -0.436 e. The summed E-state index contributed by atoms with van der Waals surface area (Å²) in [7, 11) is 0. The van der Waals surface area contributed by atoms with Gasteiger partial charge < -0.3 is 9.73 Å². The highest BCUT2D eigenvalue weighted by Crippen LogP contribution is 2.32. The quantitative estimate of drug-likeness (QED) is 0.239. The molecule has 0 saturated carbocycles. The van der Waals surface area contributed by atoms with E-state index in [1.165, 1.54) is 18.2 Å². The normalized spacial score (nSPS) is 11.1. The van der Waals surface area contributed by atoms with Crippen LogP contribution in [-0.2, 0) is 0 Å². The molecule has 0 fully saturated rings. The standard InChI is InChI=1S/C20H8ClF5N2O2/c21-10-6-5-8(7-9(10)20-28-11-3-1-2-4-12(11)30-20)27-19(29)13-14(22)16(24)18(26)17(25)15(13)23/h1-7H,(H,27,29). The SMILES string of the molecule is O=C(Nc1ccc(Cl)c(-c2nc3ccccc3o2)c1)c1c(F)c(F)c(F)c(F)c1F. The van der Waals surface area contributed by atoms with Crippen molar-refractivity contribution in [2.24, 2.45) is 0 Å². The minimum atomic E-state index is -2.36. The van der Waals surface area contributed by atoms with E-state index in [9.17, 15) is 26.7 Å². The Bertz CT molecular complexity index is 1260. The lowest BCUT2D eigenvalue weighted by Gasteiger charge is -2.10. The molecular weight excluding hydrogens is 431 g/mol. The zero-order valence-corrected chi connectivity index (χ0v) is 15.3. The number of nitrogens with zero attached hydrogens (tertiary/aromatic N) is 1. The van der Waals surface area contributed by atoms with Gasteiger partial charge in [-0.1, -0.05) is 23.7 Å². The van der Waals surface area contributed by atoms with Crippen molar-refractivity contribution < 1.29 is 31.2 Å². The lowest BCUT2D eigenvalue weighted by atomic mass is 10.1. The molecule has 30 heavy (non-hydrogen) atoms. The van der Waals surface area contributed by atoms with Gasteiger partial charge in [0.2, 0.25) is 11.7 Å². The smallest absolute Gasteiger partial charge is 0.261 e. The van der Waals surface area contributed by atoms with E-state index < -0.39 is 40.6 Å². The second kappa shape index (κ2) is 7.42. The van der Waals surface area contributed by atoms with Gasteiger partial charge in [0.25, 0.3) is 5.91 Å². The van der Waals surface area contributed by atoms with Crippen molar-refractivity contribution in [3.8, 4) is 11.5 Å². The number of carbonyl (C=O) groups is 1. The van der Waals surface area contributed by atoms with Gasteiger partial charge in [-0.3, -0.25) is 4.79 Å². The maximum atomic E-state index is 13.9. The van der Waals surface area contributed by atoms with Crippen molar-refractivity contribution in [1.82, 2.24) is 4.98 Å².